The third kappa shape index (κ3) is 3.64. The number of carbonyl (C=O) groups excluding carboxylic acids is 1. The van der Waals surface area contributed by atoms with E-state index in [0.29, 0.717) is 6.61 Å². The van der Waals surface area contributed by atoms with Crippen molar-refractivity contribution in [2.75, 3.05) is 18.1 Å². The van der Waals surface area contributed by atoms with E-state index in [1.54, 1.807) is 11.8 Å². The molecule has 1 aromatic carbocycles. The highest BCUT2D eigenvalue weighted by Gasteiger charge is 2.19. The van der Waals surface area contributed by atoms with Gasteiger partial charge in [-0.2, -0.15) is 11.8 Å². The van der Waals surface area contributed by atoms with Gasteiger partial charge in [0, 0.05) is 11.5 Å². The van der Waals surface area contributed by atoms with E-state index >= 15 is 0 Å². The third-order valence-corrected chi connectivity index (χ3v) is 4.49. The van der Waals surface area contributed by atoms with Crippen LogP contribution >= 0.6 is 11.8 Å². The normalized spacial score (nSPS) is 21.9. The van der Waals surface area contributed by atoms with Crippen molar-refractivity contribution in [1.82, 2.24) is 0 Å². The van der Waals surface area contributed by atoms with Crippen LogP contribution in [0.15, 0.2) is 29.8 Å². The van der Waals surface area contributed by atoms with Gasteiger partial charge in [0.2, 0.25) is 0 Å². The van der Waals surface area contributed by atoms with Crippen LogP contribution in [0.2, 0.25) is 0 Å². The van der Waals surface area contributed by atoms with Crippen LogP contribution in [0.5, 0.6) is 0 Å². The minimum atomic E-state index is -0.321. The molecule has 2 atom stereocenters. The van der Waals surface area contributed by atoms with Crippen molar-refractivity contribution in [3.05, 3.63) is 41.0 Å². The average molecular weight is 292 g/mol. The van der Waals surface area contributed by atoms with Gasteiger partial charge in [0.15, 0.2) is 0 Å². The molecule has 3 nitrogen and oxygen atoms in total. The molecule has 2 rings (SSSR count). The molecule has 0 bridgehead atoms. The van der Waals surface area contributed by atoms with Crippen LogP contribution in [0.4, 0.5) is 0 Å². The standard InChI is InChI=1S/C16H20O3S/c1-3-19-16(18)11(2)13-6-4-12(5-7-13)8-14-9-20-10-15(14)17/h4-8,11,15,17H,3,9-10H2,1-2H3. The Labute approximate surface area is 124 Å². The Bertz CT molecular complexity index is 493. The van der Waals surface area contributed by atoms with Crippen molar-refractivity contribution >= 4 is 23.8 Å². The van der Waals surface area contributed by atoms with Crippen molar-refractivity contribution in [1.29, 1.82) is 0 Å². The SMILES string of the molecule is CCOC(=O)C(C)c1ccc(C=C2CSCC2O)cc1. The summed E-state index contributed by atoms with van der Waals surface area (Å²) in [6.07, 6.45) is 1.71. The highest BCUT2D eigenvalue weighted by Crippen LogP contribution is 2.26. The first-order chi connectivity index (χ1) is 9.61. The molecule has 4 heteroatoms. The van der Waals surface area contributed by atoms with Gasteiger partial charge in [0.25, 0.3) is 0 Å². The Morgan fingerprint density at radius 2 is 2.20 bits per heavy atom. The maximum Gasteiger partial charge on any atom is 0.313 e. The molecule has 0 radical (unpaired) electrons. The predicted molar refractivity (Wildman–Crippen MR) is 82.8 cm³/mol. The van der Waals surface area contributed by atoms with Crippen molar-refractivity contribution < 1.29 is 14.6 Å². The quantitative estimate of drug-likeness (QED) is 0.867. The van der Waals surface area contributed by atoms with Crippen LogP contribution < -0.4 is 0 Å². The van der Waals surface area contributed by atoms with E-state index in [0.717, 1.165) is 28.2 Å². The molecule has 0 saturated carbocycles. The zero-order valence-corrected chi connectivity index (χ0v) is 12.7. The van der Waals surface area contributed by atoms with Gasteiger partial charge in [-0.25, -0.2) is 0 Å². The molecule has 1 heterocycles. The molecule has 1 N–H and O–H groups in total. The molecule has 1 fully saturated rings. The lowest BCUT2D eigenvalue weighted by Gasteiger charge is -2.11. The summed E-state index contributed by atoms with van der Waals surface area (Å²) in [5.74, 6) is 1.23. The highest BCUT2D eigenvalue weighted by atomic mass is 32.2. The van der Waals surface area contributed by atoms with Gasteiger partial charge in [0.05, 0.1) is 18.6 Å². The van der Waals surface area contributed by atoms with Gasteiger partial charge < -0.3 is 9.84 Å². The molecule has 0 amide bonds. The topological polar surface area (TPSA) is 46.5 Å². The number of thioether (sulfide) groups is 1. The second kappa shape index (κ2) is 6.95. The van der Waals surface area contributed by atoms with Crippen LogP contribution in [0, 0.1) is 0 Å². The lowest BCUT2D eigenvalue weighted by molar-refractivity contribution is -0.144. The first kappa shape index (κ1) is 15.1. The monoisotopic (exact) mass is 292 g/mol. The minimum absolute atomic E-state index is 0.193. The maximum atomic E-state index is 11.7. The number of hydrogen-bond acceptors (Lipinski definition) is 4. The molecule has 1 aromatic rings. The van der Waals surface area contributed by atoms with Crippen LogP contribution in [0.1, 0.15) is 30.9 Å². The maximum absolute atomic E-state index is 11.7. The molecular formula is C16H20O3S. The second-order valence-electron chi connectivity index (χ2n) is 4.89. The summed E-state index contributed by atoms with van der Waals surface area (Å²) in [5.41, 5.74) is 3.08. The fourth-order valence-electron chi connectivity index (χ4n) is 2.13. The second-order valence-corrected chi connectivity index (χ2v) is 5.92. The average Bonchev–Trinajstić information content (AvgIpc) is 2.85. The van der Waals surface area contributed by atoms with Crippen LogP contribution in [-0.4, -0.2) is 35.3 Å². The van der Waals surface area contributed by atoms with Crippen molar-refractivity contribution in [3.8, 4) is 0 Å². The summed E-state index contributed by atoms with van der Waals surface area (Å²) in [7, 11) is 0. The van der Waals surface area contributed by atoms with E-state index in [9.17, 15) is 9.90 Å². The molecule has 1 aliphatic heterocycles. The summed E-state index contributed by atoms with van der Waals surface area (Å²) in [6, 6.07) is 7.85. The Balaban J connectivity index is 2.08. The van der Waals surface area contributed by atoms with E-state index < -0.39 is 0 Å². The molecule has 0 aromatic heterocycles. The largest absolute Gasteiger partial charge is 0.466 e. The molecule has 20 heavy (non-hydrogen) atoms. The number of hydrogen-bond donors (Lipinski definition) is 1. The lowest BCUT2D eigenvalue weighted by Crippen LogP contribution is -2.12. The Morgan fingerprint density at radius 1 is 1.50 bits per heavy atom. The minimum Gasteiger partial charge on any atom is -0.466 e. The van der Waals surface area contributed by atoms with Gasteiger partial charge in [-0.3, -0.25) is 4.79 Å². The zero-order chi connectivity index (χ0) is 14.5. The van der Waals surface area contributed by atoms with Crippen LogP contribution in [0.3, 0.4) is 0 Å². The van der Waals surface area contributed by atoms with E-state index in [-0.39, 0.29) is 18.0 Å². The number of ether oxygens (including phenoxy) is 1. The number of esters is 1. The lowest BCUT2D eigenvalue weighted by atomic mass is 9.99. The van der Waals surface area contributed by atoms with E-state index in [4.69, 9.17) is 4.74 Å². The molecule has 108 valence electrons. The summed E-state index contributed by atoms with van der Waals surface area (Å²) in [4.78, 5) is 11.7. The Morgan fingerprint density at radius 3 is 2.75 bits per heavy atom. The Hall–Kier alpha value is -1.26. The molecule has 1 aliphatic rings. The van der Waals surface area contributed by atoms with E-state index in [1.807, 2.05) is 44.2 Å². The first-order valence-electron chi connectivity index (χ1n) is 6.84. The number of carbonyl (C=O) groups is 1. The number of rotatable bonds is 4. The van der Waals surface area contributed by atoms with Crippen molar-refractivity contribution in [2.24, 2.45) is 0 Å². The summed E-state index contributed by atoms with van der Waals surface area (Å²) in [6.45, 7) is 4.07. The predicted octanol–water partition coefficient (Wildman–Crippen LogP) is 2.84. The fraction of sp³-hybridized carbons (Fsp3) is 0.438. The summed E-state index contributed by atoms with van der Waals surface area (Å²) in [5, 5.41) is 9.77. The fourth-order valence-corrected chi connectivity index (χ4v) is 3.19. The van der Waals surface area contributed by atoms with E-state index in [2.05, 4.69) is 0 Å². The van der Waals surface area contributed by atoms with Crippen molar-refractivity contribution in [2.45, 2.75) is 25.9 Å². The highest BCUT2D eigenvalue weighted by molar-refractivity contribution is 7.99. The van der Waals surface area contributed by atoms with Gasteiger partial charge in [-0.05, 0) is 30.5 Å². The molecule has 0 spiro atoms. The van der Waals surface area contributed by atoms with E-state index in [1.165, 1.54) is 0 Å². The van der Waals surface area contributed by atoms with Gasteiger partial charge in [-0.15, -0.1) is 0 Å². The van der Waals surface area contributed by atoms with Crippen LogP contribution in [0.25, 0.3) is 6.08 Å². The van der Waals surface area contributed by atoms with Gasteiger partial charge in [0.1, 0.15) is 0 Å². The number of aliphatic hydroxyl groups is 1. The van der Waals surface area contributed by atoms with Crippen LogP contribution in [-0.2, 0) is 9.53 Å². The smallest absolute Gasteiger partial charge is 0.313 e. The van der Waals surface area contributed by atoms with Gasteiger partial charge in [-0.1, -0.05) is 30.3 Å². The number of benzene rings is 1. The molecule has 2 unspecified atom stereocenters. The Kier molecular flexibility index (Phi) is 5.26. The van der Waals surface area contributed by atoms with Gasteiger partial charge >= 0.3 is 5.97 Å². The summed E-state index contributed by atoms with van der Waals surface area (Å²) < 4.78 is 5.02. The number of aliphatic hydroxyl groups excluding tert-OH is 1. The van der Waals surface area contributed by atoms with Crippen molar-refractivity contribution in [3.63, 3.8) is 0 Å². The molecule has 0 aliphatic carbocycles. The molecule has 1 saturated heterocycles. The zero-order valence-electron chi connectivity index (χ0n) is 11.8. The summed E-state index contributed by atoms with van der Waals surface area (Å²) >= 11 is 1.75. The first-order valence-corrected chi connectivity index (χ1v) is 8.00. The molecular weight excluding hydrogens is 272 g/mol. The third-order valence-electron chi connectivity index (χ3n) is 3.40.